The van der Waals surface area contributed by atoms with Crippen LogP contribution in [0.5, 0.6) is 0 Å². The third kappa shape index (κ3) is 7.29. The standard InChI is InChI=1S/C9H20O4S/c1-3-5-6-14(11,12)8-9(10)7-13-4-2/h9-10H,3-8H2,1-2H3/t9-/m1/s1. The van der Waals surface area contributed by atoms with Gasteiger partial charge in [0.25, 0.3) is 0 Å². The maximum atomic E-state index is 11.3. The van der Waals surface area contributed by atoms with Crippen molar-refractivity contribution in [3.05, 3.63) is 0 Å². The Morgan fingerprint density at radius 1 is 1.36 bits per heavy atom. The molecule has 0 amide bonds. The topological polar surface area (TPSA) is 63.6 Å². The fraction of sp³-hybridized carbons (Fsp3) is 1.00. The summed E-state index contributed by atoms with van der Waals surface area (Å²) in [6.45, 7) is 4.33. The molecule has 4 nitrogen and oxygen atoms in total. The van der Waals surface area contributed by atoms with Crippen LogP contribution in [-0.4, -0.2) is 44.3 Å². The zero-order valence-electron chi connectivity index (χ0n) is 8.90. The highest BCUT2D eigenvalue weighted by Crippen LogP contribution is 2.00. The summed E-state index contributed by atoms with van der Waals surface area (Å²) in [7, 11) is -3.10. The lowest BCUT2D eigenvalue weighted by molar-refractivity contribution is 0.0542. The molecule has 5 heteroatoms. The van der Waals surface area contributed by atoms with Crippen molar-refractivity contribution in [3.63, 3.8) is 0 Å². The Morgan fingerprint density at radius 3 is 2.50 bits per heavy atom. The van der Waals surface area contributed by atoms with E-state index in [1.807, 2.05) is 6.92 Å². The van der Waals surface area contributed by atoms with Crippen LogP contribution in [0.15, 0.2) is 0 Å². The molecule has 86 valence electrons. The highest BCUT2D eigenvalue weighted by molar-refractivity contribution is 7.91. The maximum absolute atomic E-state index is 11.3. The molecule has 1 atom stereocenters. The summed E-state index contributed by atoms with van der Waals surface area (Å²) in [5, 5.41) is 9.31. The van der Waals surface area contributed by atoms with Crippen molar-refractivity contribution in [2.75, 3.05) is 24.7 Å². The second-order valence-electron chi connectivity index (χ2n) is 3.28. The molecule has 0 aromatic heterocycles. The quantitative estimate of drug-likeness (QED) is 0.655. The van der Waals surface area contributed by atoms with Gasteiger partial charge < -0.3 is 9.84 Å². The monoisotopic (exact) mass is 224 g/mol. The molecule has 0 unspecified atom stereocenters. The van der Waals surface area contributed by atoms with Crippen LogP contribution < -0.4 is 0 Å². The maximum Gasteiger partial charge on any atom is 0.152 e. The summed E-state index contributed by atoms with van der Waals surface area (Å²) in [4.78, 5) is 0. The highest BCUT2D eigenvalue weighted by atomic mass is 32.2. The van der Waals surface area contributed by atoms with Crippen LogP contribution in [-0.2, 0) is 14.6 Å². The van der Waals surface area contributed by atoms with Gasteiger partial charge in [0.15, 0.2) is 9.84 Å². The molecule has 0 aromatic carbocycles. The van der Waals surface area contributed by atoms with Gasteiger partial charge in [0.1, 0.15) is 0 Å². The third-order valence-electron chi connectivity index (χ3n) is 1.77. The van der Waals surface area contributed by atoms with Crippen molar-refractivity contribution >= 4 is 9.84 Å². The smallest absolute Gasteiger partial charge is 0.152 e. The van der Waals surface area contributed by atoms with Gasteiger partial charge in [-0.15, -0.1) is 0 Å². The number of aliphatic hydroxyl groups excluding tert-OH is 1. The normalized spacial score (nSPS) is 14.2. The molecule has 0 saturated carbocycles. The number of rotatable bonds is 8. The van der Waals surface area contributed by atoms with E-state index in [0.29, 0.717) is 13.0 Å². The largest absolute Gasteiger partial charge is 0.390 e. The van der Waals surface area contributed by atoms with E-state index in [9.17, 15) is 13.5 Å². The van der Waals surface area contributed by atoms with E-state index < -0.39 is 15.9 Å². The summed E-state index contributed by atoms with van der Waals surface area (Å²) in [6, 6.07) is 0. The van der Waals surface area contributed by atoms with E-state index in [-0.39, 0.29) is 18.1 Å². The summed E-state index contributed by atoms with van der Waals surface area (Å²) in [5.74, 6) is -0.0281. The van der Waals surface area contributed by atoms with Crippen LogP contribution in [0.2, 0.25) is 0 Å². The minimum atomic E-state index is -3.10. The first kappa shape index (κ1) is 13.9. The van der Waals surface area contributed by atoms with Gasteiger partial charge in [0, 0.05) is 6.61 Å². The summed E-state index contributed by atoms with van der Waals surface area (Å²) < 4.78 is 27.6. The molecule has 0 aromatic rings. The highest BCUT2D eigenvalue weighted by Gasteiger charge is 2.16. The number of ether oxygens (including phenoxy) is 1. The van der Waals surface area contributed by atoms with Crippen molar-refractivity contribution in [3.8, 4) is 0 Å². The summed E-state index contributed by atoms with van der Waals surface area (Å²) in [5.41, 5.74) is 0. The van der Waals surface area contributed by atoms with Crippen LogP contribution in [0, 0.1) is 0 Å². The molecule has 0 spiro atoms. The molecular formula is C9H20O4S. The minimum absolute atomic E-state index is 0.0991. The number of hydrogen-bond acceptors (Lipinski definition) is 4. The predicted molar refractivity (Wildman–Crippen MR) is 56.1 cm³/mol. The summed E-state index contributed by atoms with van der Waals surface area (Å²) in [6.07, 6.45) is 0.613. The molecule has 14 heavy (non-hydrogen) atoms. The first-order valence-electron chi connectivity index (χ1n) is 4.98. The lowest BCUT2D eigenvalue weighted by atomic mass is 10.4. The molecule has 0 aliphatic heterocycles. The molecule has 0 bridgehead atoms. The lowest BCUT2D eigenvalue weighted by Gasteiger charge is -2.10. The Kier molecular flexibility index (Phi) is 7.13. The third-order valence-corrected chi connectivity index (χ3v) is 3.57. The average Bonchev–Trinajstić information content (AvgIpc) is 2.11. The van der Waals surface area contributed by atoms with E-state index >= 15 is 0 Å². The van der Waals surface area contributed by atoms with Crippen LogP contribution in [0.25, 0.3) is 0 Å². The molecule has 0 aliphatic carbocycles. The number of aliphatic hydroxyl groups is 1. The van der Waals surface area contributed by atoms with Gasteiger partial charge in [-0.05, 0) is 13.3 Å². The van der Waals surface area contributed by atoms with Crippen molar-refractivity contribution < 1.29 is 18.3 Å². The molecule has 0 heterocycles. The van der Waals surface area contributed by atoms with E-state index in [0.717, 1.165) is 6.42 Å². The van der Waals surface area contributed by atoms with Crippen molar-refractivity contribution in [2.24, 2.45) is 0 Å². The minimum Gasteiger partial charge on any atom is -0.390 e. The van der Waals surface area contributed by atoms with Gasteiger partial charge in [-0.1, -0.05) is 13.3 Å². The fourth-order valence-corrected chi connectivity index (χ4v) is 2.62. The zero-order chi connectivity index (χ0) is 11.0. The number of sulfone groups is 1. The van der Waals surface area contributed by atoms with E-state index in [1.165, 1.54) is 0 Å². The molecule has 0 fully saturated rings. The van der Waals surface area contributed by atoms with Crippen molar-refractivity contribution in [2.45, 2.75) is 32.8 Å². The second kappa shape index (κ2) is 7.20. The molecule has 0 rings (SSSR count). The van der Waals surface area contributed by atoms with Gasteiger partial charge in [-0.2, -0.15) is 0 Å². The first-order valence-corrected chi connectivity index (χ1v) is 6.80. The van der Waals surface area contributed by atoms with Gasteiger partial charge in [0.2, 0.25) is 0 Å². The lowest BCUT2D eigenvalue weighted by Crippen LogP contribution is -2.27. The summed E-state index contributed by atoms with van der Waals surface area (Å²) >= 11 is 0. The van der Waals surface area contributed by atoms with Crippen LogP contribution in [0.3, 0.4) is 0 Å². The average molecular weight is 224 g/mol. The number of unbranched alkanes of at least 4 members (excludes halogenated alkanes) is 1. The van der Waals surface area contributed by atoms with E-state index in [1.54, 1.807) is 6.92 Å². The second-order valence-corrected chi connectivity index (χ2v) is 5.51. The van der Waals surface area contributed by atoms with Gasteiger partial charge in [-0.25, -0.2) is 8.42 Å². The Labute approximate surface area is 86.2 Å². The Balaban J connectivity index is 3.83. The van der Waals surface area contributed by atoms with Gasteiger partial charge >= 0.3 is 0 Å². The van der Waals surface area contributed by atoms with Gasteiger partial charge in [0.05, 0.1) is 24.2 Å². The SMILES string of the molecule is CCCCS(=O)(=O)C[C@H](O)COCC. The first-order chi connectivity index (χ1) is 6.52. The van der Waals surface area contributed by atoms with E-state index in [2.05, 4.69) is 0 Å². The van der Waals surface area contributed by atoms with Crippen molar-refractivity contribution in [1.82, 2.24) is 0 Å². The number of hydrogen-bond donors (Lipinski definition) is 1. The Bertz CT molecular complexity index is 223. The molecule has 0 aliphatic rings. The van der Waals surface area contributed by atoms with Gasteiger partial charge in [-0.3, -0.25) is 0 Å². The molecule has 0 saturated heterocycles. The molecule has 0 radical (unpaired) electrons. The van der Waals surface area contributed by atoms with E-state index in [4.69, 9.17) is 4.74 Å². The molecular weight excluding hydrogens is 204 g/mol. The predicted octanol–water partition coefficient (Wildman–Crippen LogP) is 0.599. The molecule has 1 N–H and O–H groups in total. The van der Waals surface area contributed by atoms with Crippen molar-refractivity contribution in [1.29, 1.82) is 0 Å². The van der Waals surface area contributed by atoms with Crippen LogP contribution in [0.1, 0.15) is 26.7 Å². The Morgan fingerprint density at radius 2 is 2.00 bits per heavy atom. The zero-order valence-corrected chi connectivity index (χ0v) is 9.72. The van der Waals surface area contributed by atoms with Crippen LogP contribution >= 0.6 is 0 Å². The fourth-order valence-electron chi connectivity index (χ4n) is 1.04. The Hall–Kier alpha value is -0.130. The van der Waals surface area contributed by atoms with Crippen LogP contribution in [0.4, 0.5) is 0 Å².